The Morgan fingerprint density at radius 3 is 2.11 bits per heavy atom. The van der Waals surface area contributed by atoms with Crippen molar-refractivity contribution >= 4 is 13.6 Å². The van der Waals surface area contributed by atoms with Gasteiger partial charge in [0.2, 0.25) is 0 Å². The summed E-state index contributed by atoms with van der Waals surface area (Å²) in [5, 5.41) is 0. The van der Waals surface area contributed by atoms with Gasteiger partial charge >= 0.3 is 7.82 Å². The fraction of sp³-hybridized carbons (Fsp3) is 0.417. The van der Waals surface area contributed by atoms with Crippen molar-refractivity contribution in [1.82, 2.24) is 0 Å². The van der Waals surface area contributed by atoms with Crippen LogP contribution < -0.4 is 0 Å². The van der Waals surface area contributed by atoms with Crippen molar-refractivity contribution in [2.24, 2.45) is 0 Å². The summed E-state index contributed by atoms with van der Waals surface area (Å²) in [6.45, 7) is 3.40. The molecule has 0 radical (unpaired) electrons. The van der Waals surface area contributed by atoms with Gasteiger partial charge in [-0.1, -0.05) is 30.3 Å². The molecule has 0 bridgehead atoms. The maximum atomic E-state index is 11.9. The monoisotopic (exact) mass is 272 g/mol. The van der Waals surface area contributed by atoms with Crippen LogP contribution in [0.1, 0.15) is 24.2 Å². The van der Waals surface area contributed by atoms with E-state index in [2.05, 4.69) is 0 Å². The molecule has 0 spiro atoms. The highest BCUT2D eigenvalue weighted by Gasteiger charge is 2.26. The van der Waals surface area contributed by atoms with E-state index in [1.165, 1.54) is 0 Å². The maximum absolute atomic E-state index is 11.9. The highest BCUT2D eigenvalue weighted by Crippen LogP contribution is 2.49. The van der Waals surface area contributed by atoms with Crippen LogP contribution in [0.15, 0.2) is 30.3 Å². The first-order valence-corrected chi connectivity index (χ1v) is 7.19. The van der Waals surface area contributed by atoms with Gasteiger partial charge in [0.15, 0.2) is 5.78 Å². The summed E-state index contributed by atoms with van der Waals surface area (Å²) in [4.78, 5) is 11.7. The molecule has 0 aromatic heterocycles. The van der Waals surface area contributed by atoms with Crippen molar-refractivity contribution in [2.45, 2.75) is 13.8 Å². The van der Waals surface area contributed by atoms with E-state index in [1.807, 2.05) is 6.07 Å². The zero-order valence-electron chi connectivity index (χ0n) is 10.5. The van der Waals surface area contributed by atoms with E-state index in [0.717, 1.165) is 0 Å². The van der Waals surface area contributed by atoms with Gasteiger partial charge in [0.25, 0.3) is 0 Å². The van der Waals surface area contributed by atoms with E-state index in [-0.39, 0.29) is 25.6 Å². The predicted molar refractivity (Wildman–Crippen MR) is 67.6 cm³/mol. The molecule has 0 aliphatic heterocycles. The number of hydrogen-bond donors (Lipinski definition) is 0. The molecule has 0 aliphatic rings. The molecule has 0 atom stereocenters. The smallest absolute Gasteiger partial charge is 0.292 e. The van der Waals surface area contributed by atoms with Crippen LogP contribution in [0.2, 0.25) is 0 Å². The van der Waals surface area contributed by atoms with Crippen LogP contribution in [-0.4, -0.2) is 25.6 Å². The van der Waals surface area contributed by atoms with Gasteiger partial charge in [-0.15, -0.1) is 0 Å². The number of carbonyl (C=O) groups excluding carboxylic acids is 1. The minimum absolute atomic E-state index is 0.191. The zero-order valence-corrected chi connectivity index (χ0v) is 11.4. The standard InChI is InChI=1S/C12H17O5P/c1-3-15-18(14,16-4-2)17-10-12(13)11-8-6-5-7-9-11/h5-9H,3-4,10H2,1-2H3. The number of phosphoric acid groups is 1. The van der Waals surface area contributed by atoms with Crippen molar-refractivity contribution in [3.63, 3.8) is 0 Å². The lowest BCUT2D eigenvalue weighted by Gasteiger charge is -2.15. The Labute approximate surface area is 107 Å². The van der Waals surface area contributed by atoms with Crippen LogP contribution in [0.4, 0.5) is 0 Å². The number of carbonyl (C=O) groups is 1. The molecular weight excluding hydrogens is 255 g/mol. The van der Waals surface area contributed by atoms with Gasteiger partial charge in [-0.3, -0.25) is 18.4 Å². The number of hydrogen-bond acceptors (Lipinski definition) is 5. The fourth-order valence-corrected chi connectivity index (χ4v) is 2.40. The van der Waals surface area contributed by atoms with Crippen molar-refractivity contribution in [1.29, 1.82) is 0 Å². The summed E-state index contributed by atoms with van der Waals surface area (Å²) < 4.78 is 26.7. The molecule has 6 heteroatoms. The molecule has 18 heavy (non-hydrogen) atoms. The van der Waals surface area contributed by atoms with Gasteiger partial charge in [-0.2, -0.15) is 0 Å². The van der Waals surface area contributed by atoms with Crippen LogP contribution in [0.25, 0.3) is 0 Å². The Balaban J connectivity index is 2.58. The molecular formula is C12H17O5P. The van der Waals surface area contributed by atoms with Crippen molar-refractivity contribution in [3.8, 4) is 0 Å². The van der Waals surface area contributed by atoms with E-state index in [0.29, 0.717) is 5.56 Å². The normalized spacial score (nSPS) is 11.4. The van der Waals surface area contributed by atoms with Gasteiger partial charge in [0, 0.05) is 5.56 Å². The summed E-state index contributed by atoms with van der Waals surface area (Å²) in [5.41, 5.74) is 0.497. The van der Waals surface area contributed by atoms with Gasteiger partial charge in [0.05, 0.1) is 13.2 Å². The minimum Gasteiger partial charge on any atom is -0.292 e. The molecule has 100 valence electrons. The Hall–Kier alpha value is -1.00. The summed E-state index contributed by atoms with van der Waals surface area (Å²) in [7, 11) is -3.61. The summed E-state index contributed by atoms with van der Waals surface area (Å²) in [6.07, 6.45) is 0. The predicted octanol–water partition coefficient (Wildman–Crippen LogP) is 3.07. The lowest BCUT2D eigenvalue weighted by Crippen LogP contribution is -2.10. The SMILES string of the molecule is CCOP(=O)(OCC)OCC(=O)c1ccccc1. The fourth-order valence-electron chi connectivity index (χ4n) is 1.27. The molecule has 5 nitrogen and oxygen atoms in total. The first-order valence-electron chi connectivity index (χ1n) is 5.73. The molecule has 0 saturated heterocycles. The average Bonchev–Trinajstić information content (AvgIpc) is 2.38. The van der Waals surface area contributed by atoms with E-state index in [1.54, 1.807) is 38.1 Å². The maximum Gasteiger partial charge on any atom is 0.475 e. The summed E-state index contributed by atoms with van der Waals surface area (Å²) >= 11 is 0. The van der Waals surface area contributed by atoms with Gasteiger partial charge < -0.3 is 0 Å². The molecule has 1 aromatic rings. The molecule has 0 fully saturated rings. The number of ketones is 1. The Kier molecular flexibility index (Phi) is 6.22. The summed E-state index contributed by atoms with van der Waals surface area (Å²) in [5.74, 6) is -0.268. The molecule has 0 heterocycles. The molecule has 1 aromatic carbocycles. The molecule has 0 aliphatic carbocycles. The van der Waals surface area contributed by atoms with E-state index >= 15 is 0 Å². The summed E-state index contributed by atoms with van der Waals surface area (Å²) in [6, 6.07) is 8.63. The second-order valence-corrected chi connectivity index (χ2v) is 5.01. The largest absolute Gasteiger partial charge is 0.475 e. The average molecular weight is 272 g/mol. The first-order chi connectivity index (χ1) is 8.61. The van der Waals surface area contributed by atoms with E-state index < -0.39 is 7.82 Å². The second-order valence-electron chi connectivity index (χ2n) is 3.35. The third-order valence-electron chi connectivity index (χ3n) is 2.02. The first kappa shape index (κ1) is 15.1. The molecule has 1 rings (SSSR count). The van der Waals surface area contributed by atoms with Gasteiger partial charge in [0.1, 0.15) is 6.61 Å². The topological polar surface area (TPSA) is 61.8 Å². The van der Waals surface area contributed by atoms with E-state index in [4.69, 9.17) is 13.6 Å². The molecule has 0 N–H and O–H groups in total. The molecule has 0 amide bonds. The molecule has 0 unspecified atom stereocenters. The number of Topliss-reactive ketones (excluding diaryl/α,β-unsaturated/α-hetero) is 1. The van der Waals surface area contributed by atoms with Crippen LogP contribution in [0, 0.1) is 0 Å². The highest BCUT2D eigenvalue weighted by atomic mass is 31.2. The van der Waals surface area contributed by atoms with Crippen LogP contribution in [0.3, 0.4) is 0 Å². The number of rotatable bonds is 8. The number of phosphoric ester groups is 1. The van der Waals surface area contributed by atoms with Crippen LogP contribution in [-0.2, 0) is 18.1 Å². The lowest BCUT2D eigenvalue weighted by atomic mass is 10.1. The van der Waals surface area contributed by atoms with Crippen LogP contribution in [0.5, 0.6) is 0 Å². The van der Waals surface area contributed by atoms with Crippen molar-refractivity contribution < 1.29 is 22.9 Å². The highest BCUT2D eigenvalue weighted by molar-refractivity contribution is 7.48. The van der Waals surface area contributed by atoms with Gasteiger partial charge in [-0.05, 0) is 13.8 Å². The van der Waals surface area contributed by atoms with Crippen LogP contribution >= 0.6 is 7.82 Å². The Bertz CT molecular complexity index is 408. The van der Waals surface area contributed by atoms with Gasteiger partial charge in [-0.25, -0.2) is 4.57 Å². The Morgan fingerprint density at radius 2 is 1.61 bits per heavy atom. The zero-order chi connectivity index (χ0) is 13.4. The number of benzene rings is 1. The third-order valence-corrected chi connectivity index (χ3v) is 3.62. The van der Waals surface area contributed by atoms with Crippen molar-refractivity contribution in [3.05, 3.63) is 35.9 Å². The van der Waals surface area contributed by atoms with E-state index in [9.17, 15) is 9.36 Å². The van der Waals surface area contributed by atoms with Crippen molar-refractivity contribution in [2.75, 3.05) is 19.8 Å². The quantitative estimate of drug-likeness (QED) is 0.537. The lowest BCUT2D eigenvalue weighted by molar-refractivity contribution is 0.0816. The Morgan fingerprint density at radius 1 is 1.06 bits per heavy atom. The third kappa shape index (κ3) is 4.70. The second kappa shape index (κ2) is 7.44. The minimum atomic E-state index is -3.61. The molecule has 0 saturated carbocycles.